The van der Waals surface area contributed by atoms with Crippen molar-refractivity contribution in [3.05, 3.63) is 41.6 Å². The number of carbonyl (C=O) groups excluding carboxylic acids is 1. The van der Waals surface area contributed by atoms with E-state index in [9.17, 15) is 4.79 Å². The maximum Gasteiger partial charge on any atom is 0.231 e. The second-order valence-corrected chi connectivity index (χ2v) is 6.52. The van der Waals surface area contributed by atoms with Gasteiger partial charge in [-0.25, -0.2) is 0 Å². The number of ether oxygens (including phenoxy) is 4. The van der Waals surface area contributed by atoms with Gasteiger partial charge in [-0.3, -0.25) is 9.78 Å². The van der Waals surface area contributed by atoms with E-state index >= 15 is 0 Å². The second-order valence-electron chi connectivity index (χ2n) is 6.52. The van der Waals surface area contributed by atoms with Crippen LogP contribution in [0.15, 0.2) is 30.3 Å². The Labute approximate surface area is 155 Å². The standard InChI is InChI=1S/C21H17NO5/c1-24-16-6-3-11(7-17(16)25-2)20-12-8-18-19(27-10-26-18)9-14(12)22-13-4-5-15(23)21(13)20/h3,6-9H,4-5,10H2,1-2H3. The second kappa shape index (κ2) is 5.87. The molecule has 27 heavy (non-hydrogen) atoms. The quantitative estimate of drug-likeness (QED) is 0.706. The van der Waals surface area contributed by atoms with Gasteiger partial charge in [0.1, 0.15) is 0 Å². The number of aryl methyl sites for hydroxylation is 1. The van der Waals surface area contributed by atoms with Crippen LogP contribution < -0.4 is 18.9 Å². The van der Waals surface area contributed by atoms with Crippen molar-refractivity contribution in [3.63, 3.8) is 0 Å². The molecule has 6 heteroatoms. The van der Waals surface area contributed by atoms with Gasteiger partial charge in [-0.1, -0.05) is 6.07 Å². The molecule has 2 aromatic carbocycles. The highest BCUT2D eigenvalue weighted by molar-refractivity contribution is 6.12. The molecule has 0 saturated heterocycles. The zero-order valence-electron chi connectivity index (χ0n) is 15.0. The number of hydrogen-bond donors (Lipinski definition) is 0. The molecule has 0 saturated carbocycles. The average Bonchev–Trinajstić information content (AvgIpc) is 3.30. The smallest absolute Gasteiger partial charge is 0.231 e. The topological polar surface area (TPSA) is 66.9 Å². The normalized spacial score (nSPS) is 14.5. The van der Waals surface area contributed by atoms with Crippen molar-refractivity contribution < 1.29 is 23.7 Å². The maximum atomic E-state index is 12.7. The minimum Gasteiger partial charge on any atom is -0.493 e. The van der Waals surface area contributed by atoms with Gasteiger partial charge in [0.05, 0.1) is 25.4 Å². The van der Waals surface area contributed by atoms with E-state index in [1.54, 1.807) is 14.2 Å². The van der Waals surface area contributed by atoms with Crippen molar-refractivity contribution in [2.75, 3.05) is 21.0 Å². The predicted octanol–water partition coefficient (Wildman–Crippen LogP) is 3.78. The Morgan fingerprint density at radius 2 is 1.70 bits per heavy atom. The van der Waals surface area contributed by atoms with Gasteiger partial charge in [0.15, 0.2) is 28.8 Å². The summed E-state index contributed by atoms with van der Waals surface area (Å²) in [6, 6.07) is 9.46. The van der Waals surface area contributed by atoms with E-state index < -0.39 is 0 Å². The minimum absolute atomic E-state index is 0.113. The number of nitrogens with zero attached hydrogens (tertiary/aromatic N) is 1. The molecular formula is C21H17NO5. The summed E-state index contributed by atoms with van der Waals surface area (Å²) in [5, 5.41) is 0.862. The molecule has 0 atom stereocenters. The fourth-order valence-electron chi connectivity index (χ4n) is 3.83. The van der Waals surface area contributed by atoms with Crippen LogP contribution in [-0.4, -0.2) is 31.8 Å². The molecule has 3 aromatic rings. The molecule has 2 aliphatic rings. The van der Waals surface area contributed by atoms with Crippen LogP contribution in [0, 0.1) is 0 Å². The Hall–Kier alpha value is -3.28. The lowest BCUT2D eigenvalue weighted by atomic mass is 9.94. The highest BCUT2D eigenvalue weighted by Gasteiger charge is 2.29. The Morgan fingerprint density at radius 3 is 2.48 bits per heavy atom. The molecule has 6 nitrogen and oxygen atoms in total. The lowest BCUT2D eigenvalue weighted by Crippen LogP contribution is -2.00. The van der Waals surface area contributed by atoms with E-state index in [-0.39, 0.29) is 12.6 Å². The number of benzene rings is 2. The van der Waals surface area contributed by atoms with E-state index in [2.05, 4.69) is 0 Å². The molecule has 1 aliphatic carbocycles. The Bertz CT molecular complexity index is 1110. The lowest BCUT2D eigenvalue weighted by Gasteiger charge is -2.15. The van der Waals surface area contributed by atoms with Gasteiger partial charge in [0, 0.05) is 29.0 Å². The first-order valence-corrected chi connectivity index (χ1v) is 8.71. The van der Waals surface area contributed by atoms with Crippen LogP contribution in [0.4, 0.5) is 0 Å². The van der Waals surface area contributed by atoms with Crippen molar-refractivity contribution >= 4 is 16.7 Å². The van der Waals surface area contributed by atoms with Crippen molar-refractivity contribution in [2.45, 2.75) is 12.8 Å². The Kier molecular flexibility index (Phi) is 3.47. The van der Waals surface area contributed by atoms with Gasteiger partial charge in [0.25, 0.3) is 0 Å². The van der Waals surface area contributed by atoms with Crippen LogP contribution >= 0.6 is 0 Å². The van der Waals surface area contributed by atoms with Crippen LogP contribution in [0.2, 0.25) is 0 Å². The predicted molar refractivity (Wildman–Crippen MR) is 99.1 cm³/mol. The first-order valence-electron chi connectivity index (χ1n) is 8.71. The summed E-state index contributed by atoms with van der Waals surface area (Å²) in [5.41, 5.74) is 4.05. The molecule has 5 rings (SSSR count). The van der Waals surface area contributed by atoms with Crippen LogP contribution in [0.1, 0.15) is 22.5 Å². The molecule has 1 aliphatic heterocycles. The monoisotopic (exact) mass is 363 g/mol. The van der Waals surface area contributed by atoms with Crippen molar-refractivity contribution in [1.82, 2.24) is 4.98 Å². The van der Waals surface area contributed by atoms with Crippen LogP contribution in [0.5, 0.6) is 23.0 Å². The van der Waals surface area contributed by atoms with E-state index in [4.69, 9.17) is 23.9 Å². The van der Waals surface area contributed by atoms with Crippen molar-refractivity contribution in [2.24, 2.45) is 0 Å². The molecule has 136 valence electrons. The molecule has 0 N–H and O–H groups in total. The molecule has 1 aromatic heterocycles. The third kappa shape index (κ3) is 2.33. The van der Waals surface area contributed by atoms with E-state index in [0.717, 1.165) is 27.7 Å². The van der Waals surface area contributed by atoms with Crippen molar-refractivity contribution in [3.8, 4) is 34.1 Å². The number of fused-ring (bicyclic) bond motifs is 3. The van der Waals surface area contributed by atoms with Crippen LogP contribution in [-0.2, 0) is 6.42 Å². The van der Waals surface area contributed by atoms with E-state index in [1.165, 1.54) is 0 Å². The number of Topliss-reactive ketones (excluding diaryl/α,β-unsaturated/α-hetero) is 1. The molecule has 0 fully saturated rings. The Balaban J connectivity index is 1.85. The largest absolute Gasteiger partial charge is 0.493 e. The first-order chi connectivity index (χ1) is 13.2. The number of hydrogen-bond acceptors (Lipinski definition) is 6. The first kappa shape index (κ1) is 15.9. The van der Waals surface area contributed by atoms with Gasteiger partial charge in [-0.2, -0.15) is 0 Å². The number of aromatic nitrogens is 1. The summed E-state index contributed by atoms with van der Waals surface area (Å²) in [6.07, 6.45) is 1.13. The third-order valence-electron chi connectivity index (χ3n) is 5.09. The Morgan fingerprint density at radius 1 is 0.926 bits per heavy atom. The number of carbonyl (C=O) groups is 1. The molecule has 0 spiro atoms. The average molecular weight is 363 g/mol. The molecular weight excluding hydrogens is 346 g/mol. The fourth-order valence-corrected chi connectivity index (χ4v) is 3.83. The molecule has 2 heterocycles. The van der Waals surface area contributed by atoms with Gasteiger partial charge in [0.2, 0.25) is 6.79 Å². The summed E-state index contributed by atoms with van der Waals surface area (Å²) >= 11 is 0. The van der Waals surface area contributed by atoms with Crippen molar-refractivity contribution in [1.29, 1.82) is 0 Å². The summed E-state index contributed by atoms with van der Waals surface area (Å²) < 4.78 is 21.8. The van der Waals surface area contributed by atoms with Crippen LogP contribution in [0.3, 0.4) is 0 Å². The summed E-state index contributed by atoms with van der Waals surface area (Å²) in [7, 11) is 3.20. The van der Waals surface area contributed by atoms with E-state index in [0.29, 0.717) is 41.4 Å². The SMILES string of the molecule is COc1ccc(-c2c3c(nc4cc5c(cc24)OCO5)CCC3=O)cc1OC. The summed E-state index contributed by atoms with van der Waals surface area (Å²) in [6.45, 7) is 0.190. The zero-order chi connectivity index (χ0) is 18.5. The van der Waals surface area contributed by atoms with Gasteiger partial charge in [-0.15, -0.1) is 0 Å². The van der Waals surface area contributed by atoms with Gasteiger partial charge < -0.3 is 18.9 Å². The highest BCUT2D eigenvalue weighted by atomic mass is 16.7. The summed E-state index contributed by atoms with van der Waals surface area (Å²) in [4.78, 5) is 17.4. The van der Waals surface area contributed by atoms with Gasteiger partial charge >= 0.3 is 0 Å². The number of pyridine rings is 1. The minimum atomic E-state index is 0.113. The lowest BCUT2D eigenvalue weighted by molar-refractivity contribution is 0.0995. The number of ketones is 1. The molecule has 0 radical (unpaired) electrons. The van der Waals surface area contributed by atoms with E-state index in [1.807, 2.05) is 30.3 Å². The summed E-state index contributed by atoms with van der Waals surface area (Å²) in [5.74, 6) is 2.70. The fraction of sp³-hybridized carbons (Fsp3) is 0.238. The number of methoxy groups -OCH3 is 2. The van der Waals surface area contributed by atoms with Crippen LogP contribution in [0.25, 0.3) is 22.0 Å². The third-order valence-corrected chi connectivity index (χ3v) is 5.09. The molecule has 0 bridgehead atoms. The molecule has 0 unspecified atom stereocenters. The number of rotatable bonds is 3. The zero-order valence-corrected chi connectivity index (χ0v) is 15.0. The van der Waals surface area contributed by atoms with Gasteiger partial charge in [-0.05, 0) is 30.2 Å². The maximum absolute atomic E-state index is 12.7. The highest BCUT2D eigenvalue weighted by Crippen LogP contribution is 2.44. The molecule has 0 amide bonds.